The quantitative estimate of drug-likeness (QED) is 0.762. The topological polar surface area (TPSA) is 37.4 Å². The van der Waals surface area contributed by atoms with Crippen LogP contribution in [0.2, 0.25) is 0 Å². The van der Waals surface area contributed by atoms with Gasteiger partial charge in [-0.05, 0) is 13.0 Å². The molecule has 1 N–H and O–H groups in total. The second-order valence-electron chi connectivity index (χ2n) is 4.60. The highest BCUT2D eigenvalue weighted by molar-refractivity contribution is 7.11. The number of rotatable bonds is 7. The second-order valence-corrected chi connectivity index (χ2v) is 5.80. The van der Waals surface area contributed by atoms with E-state index in [0.717, 1.165) is 52.4 Å². The molecule has 0 atom stereocenters. The number of hydrogen-bond acceptors (Lipinski definition) is 5. The van der Waals surface area contributed by atoms with Crippen LogP contribution < -0.4 is 5.32 Å². The Labute approximate surface area is 113 Å². The van der Waals surface area contributed by atoms with E-state index >= 15 is 0 Å². The second kappa shape index (κ2) is 7.84. The van der Waals surface area contributed by atoms with Gasteiger partial charge in [-0.3, -0.25) is 4.90 Å². The Balaban J connectivity index is 1.69. The molecule has 2 rings (SSSR count). The molecule has 0 aliphatic carbocycles. The summed E-state index contributed by atoms with van der Waals surface area (Å²) < 4.78 is 5.35. The maximum absolute atomic E-state index is 5.35. The van der Waals surface area contributed by atoms with Crippen LogP contribution >= 0.6 is 11.3 Å². The number of nitrogens with one attached hydrogen (secondary N) is 1. The summed E-state index contributed by atoms with van der Waals surface area (Å²) in [6.07, 6.45) is 4.27. The van der Waals surface area contributed by atoms with Crippen molar-refractivity contribution in [3.63, 3.8) is 0 Å². The molecule has 4 nitrogen and oxygen atoms in total. The zero-order valence-electron chi connectivity index (χ0n) is 11.2. The SMILES string of the molecule is CCCNCc1cnc(CCN2CCOCC2)s1. The monoisotopic (exact) mass is 269 g/mol. The number of thiazole rings is 1. The molecule has 1 fully saturated rings. The minimum Gasteiger partial charge on any atom is -0.379 e. The van der Waals surface area contributed by atoms with Crippen molar-refractivity contribution in [1.29, 1.82) is 0 Å². The van der Waals surface area contributed by atoms with E-state index in [1.165, 1.54) is 16.3 Å². The van der Waals surface area contributed by atoms with Crippen LogP contribution in [0, 0.1) is 0 Å². The fraction of sp³-hybridized carbons (Fsp3) is 0.769. The molecule has 102 valence electrons. The van der Waals surface area contributed by atoms with Gasteiger partial charge in [0, 0.05) is 43.7 Å². The molecule has 1 saturated heterocycles. The first-order valence-electron chi connectivity index (χ1n) is 6.83. The van der Waals surface area contributed by atoms with Gasteiger partial charge in [0.25, 0.3) is 0 Å². The van der Waals surface area contributed by atoms with Crippen LogP contribution in [0.3, 0.4) is 0 Å². The highest BCUT2D eigenvalue weighted by Crippen LogP contribution is 2.14. The Kier molecular flexibility index (Phi) is 6.07. The summed E-state index contributed by atoms with van der Waals surface area (Å²) in [6.45, 7) is 9.23. The summed E-state index contributed by atoms with van der Waals surface area (Å²) >= 11 is 1.84. The molecule has 1 aliphatic rings. The van der Waals surface area contributed by atoms with E-state index in [9.17, 15) is 0 Å². The van der Waals surface area contributed by atoms with Crippen molar-refractivity contribution in [2.24, 2.45) is 0 Å². The van der Waals surface area contributed by atoms with E-state index in [4.69, 9.17) is 4.74 Å². The first-order chi connectivity index (χ1) is 8.88. The van der Waals surface area contributed by atoms with Gasteiger partial charge in [-0.25, -0.2) is 4.98 Å². The van der Waals surface area contributed by atoms with Crippen LogP contribution in [0.4, 0.5) is 0 Å². The van der Waals surface area contributed by atoms with E-state index in [1.54, 1.807) is 0 Å². The molecule has 1 aromatic rings. The molecular weight excluding hydrogens is 246 g/mol. The average Bonchev–Trinajstić information content (AvgIpc) is 2.86. The third kappa shape index (κ3) is 4.65. The standard InChI is InChI=1S/C13H23N3OS/c1-2-4-14-10-12-11-15-13(18-12)3-5-16-6-8-17-9-7-16/h11,14H,2-10H2,1H3. The van der Waals surface area contributed by atoms with Crippen molar-refractivity contribution in [3.8, 4) is 0 Å². The van der Waals surface area contributed by atoms with Crippen molar-refractivity contribution in [2.75, 3.05) is 39.4 Å². The van der Waals surface area contributed by atoms with Gasteiger partial charge in [-0.2, -0.15) is 0 Å². The lowest BCUT2D eigenvalue weighted by Crippen LogP contribution is -2.37. The summed E-state index contributed by atoms with van der Waals surface area (Å²) in [6, 6.07) is 0. The Hall–Kier alpha value is -0.490. The number of morpholine rings is 1. The van der Waals surface area contributed by atoms with Crippen molar-refractivity contribution in [1.82, 2.24) is 15.2 Å². The van der Waals surface area contributed by atoms with Crippen LogP contribution in [0.25, 0.3) is 0 Å². The number of hydrogen-bond donors (Lipinski definition) is 1. The highest BCUT2D eigenvalue weighted by Gasteiger charge is 2.11. The molecular formula is C13H23N3OS. The van der Waals surface area contributed by atoms with Gasteiger partial charge in [0.2, 0.25) is 0 Å². The normalized spacial score (nSPS) is 17.2. The van der Waals surface area contributed by atoms with Gasteiger partial charge >= 0.3 is 0 Å². The molecule has 1 aromatic heterocycles. The van der Waals surface area contributed by atoms with E-state index in [2.05, 4.69) is 22.1 Å². The number of aromatic nitrogens is 1. The lowest BCUT2D eigenvalue weighted by Gasteiger charge is -2.25. The minimum atomic E-state index is 0.879. The van der Waals surface area contributed by atoms with Crippen LogP contribution in [0.1, 0.15) is 23.2 Å². The fourth-order valence-electron chi connectivity index (χ4n) is 2.01. The molecule has 0 unspecified atom stereocenters. The van der Waals surface area contributed by atoms with Crippen LogP contribution in [0.5, 0.6) is 0 Å². The Morgan fingerprint density at radius 1 is 1.44 bits per heavy atom. The van der Waals surface area contributed by atoms with E-state index in [-0.39, 0.29) is 0 Å². The maximum atomic E-state index is 5.35. The maximum Gasteiger partial charge on any atom is 0.0940 e. The number of nitrogens with zero attached hydrogens (tertiary/aromatic N) is 2. The molecule has 2 heterocycles. The van der Waals surface area contributed by atoms with E-state index in [0.29, 0.717) is 0 Å². The summed E-state index contributed by atoms with van der Waals surface area (Å²) in [7, 11) is 0. The molecule has 0 radical (unpaired) electrons. The summed E-state index contributed by atoms with van der Waals surface area (Å²) in [5.41, 5.74) is 0. The molecule has 18 heavy (non-hydrogen) atoms. The zero-order chi connectivity index (χ0) is 12.6. The third-order valence-electron chi connectivity index (χ3n) is 3.07. The Bertz CT molecular complexity index is 337. The molecule has 1 aliphatic heterocycles. The smallest absolute Gasteiger partial charge is 0.0940 e. The van der Waals surface area contributed by atoms with Crippen molar-refractivity contribution < 1.29 is 4.74 Å². The zero-order valence-corrected chi connectivity index (χ0v) is 12.0. The summed E-state index contributed by atoms with van der Waals surface area (Å²) in [4.78, 5) is 8.31. The van der Waals surface area contributed by atoms with Gasteiger partial charge in [0.05, 0.1) is 18.2 Å². The van der Waals surface area contributed by atoms with Gasteiger partial charge in [-0.15, -0.1) is 11.3 Å². The highest BCUT2D eigenvalue weighted by atomic mass is 32.1. The Morgan fingerprint density at radius 2 is 2.28 bits per heavy atom. The van der Waals surface area contributed by atoms with Gasteiger partial charge < -0.3 is 10.1 Å². The average molecular weight is 269 g/mol. The largest absolute Gasteiger partial charge is 0.379 e. The molecule has 0 aromatic carbocycles. The summed E-state index contributed by atoms with van der Waals surface area (Å²) in [5, 5.41) is 4.67. The molecule has 0 saturated carbocycles. The van der Waals surface area contributed by atoms with E-state index < -0.39 is 0 Å². The van der Waals surface area contributed by atoms with Crippen LogP contribution in [-0.2, 0) is 17.7 Å². The lowest BCUT2D eigenvalue weighted by atomic mass is 10.3. The van der Waals surface area contributed by atoms with E-state index in [1.807, 2.05) is 17.5 Å². The van der Waals surface area contributed by atoms with Crippen molar-refractivity contribution in [3.05, 3.63) is 16.1 Å². The molecule has 0 amide bonds. The summed E-state index contributed by atoms with van der Waals surface area (Å²) in [5.74, 6) is 0. The van der Waals surface area contributed by atoms with Crippen LogP contribution in [-0.4, -0.2) is 49.3 Å². The van der Waals surface area contributed by atoms with Gasteiger partial charge in [0.15, 0.2) is 0 Å². The predicted octanol–water partition coefficient (Wildman–Crippen LogP) is 1.52. The Morgan fingerprint density at radius 3 is 3.06 bits per heavy atom. The third-order valence-corrected chi connectivity index (χ3v) is 4.13. The molecule has 0 bridgehead atoms. The van der Waals surface area contributed by atoms with Gasteiger partial charge in [-0.1, -0.05) is 6.92 Å². The van der Waals surface area contributed by atoms with Crippen molar-refractivity contribution >= 4 is 11.3 Å². The minimum absolute atomic E-state index is 0.879. The first-order valence-corrected chi connectivity index (χ1v) is 7.64. The predicted molar refractivity (Wildman–Crippen MR) is 75.1 cm³/mol. The fourth-order valence-corrected chi connectivity index (χ4v) is 2.89. The van der Waals surface area contributed by atoms with Gasteiger partial charge in [0.1, 0.15) is 0 Å². The molecule has 0 spiro atoms. The molecule has 5 heteroatoms. The number of ether oxygens (including phenoxy) is 1. The lowest BCUT2D eigenvalue weighted by molar-refractivity contribution is 0.0384. The van der Waals surface area contributed by atoms with Crippen molar-refractivity contribution in [2.45, 2.75) is 26.3 Å². The first kappa shape index (κ1) is 13.9. The van der Waals surface area contributed by atoms with Crippen LogP contribution in [0.15, 0.2) is 6.20 Å².